The monoisotopic (exact) mass is 521 g/mol. The van der Waals surface area contributed by atoms with Crippen molar-refractivity contribution in [3.8, 4) is 6.07 Å². The van der Waals surface area contributed by atoms with Gasteiger partial charge in [0.1, 0.15) is 11.9 Å². The highest BCUT2D eigenvalue weighted by Gasteiger charge is 2.38. The average molecular weight is 522 g/mol. The highest BCUT2D eigenvalue weighted by molar-refractivity contribution is 5.92. The smallest absolute Gasteiger partial charge is 0.317 e. The molecule has 2 aliphatic rings. The van der Waals surface area contributed by atoms with Crippen LogP contribution in [0.15, 0.2) is 48.5 Å². The van der Waals surface area contributed by atoms with Gasteiger partial charge in [0, 0.05) is 43.8 Å². The molecule has 0 spiro atoms. The van der Waals surface area contributed by atoms with Crippen LogP contribution in [0.4, 0.5) is 10.1 Å². The standard InChI is InChI=1S/C28H32FN5O4/c29-22-7-5-21(6-8-22)24-16-25(24)31-11-1-2-26(34(19-35)23-9-3-20(17-30)4-10-23)28(38)33-14-12-32(13-15-33)18-27(36)37/h3-10,19,24-26,31H,1-2,11-16,18H2,(H,36,37)/t24-,25+,26-/m0/s1. The Morgan fingerprint density at radius 3 is 2.42 bits per heavy atom. The van der Waals surface area contributed by atoms with Gasteiger partial charge in [-0.05, 0) is 67.8 Å². The number of anilines is 1. The first kappa shape index (κ1) is 27.2. The molecule has 3 atom stereocenters. The number of rotatable bonds is 12. The van der Waals surface area contributed by atoms with E-state index < -0.39 is 12.0 Å². The number of aliphatic carboxylic acids is 1. The Labute approximate surface area is 221 Å². The summed E-state index contributed by atoms with van der Waals surface area (Å²) < 4.78 is 13.2. The van der Waals surface area contributed by atoms with Crippen LogP contribution >= 0.6 is 0 Å². The van der Waals surface area contributed by atoms with Gasteiger partial charge >= 0.3 is 5.97 Å². The van der Waals surface area contributed by atoms with Crippen LogP contribution in [0.2, 0.25) is 0 Å². The van der Waals surface area contributed by atoms with Crippen molar-refractivity contribution in [1.82, 2.24) is 15.1 Å². The van der Waals surface area contributed by atoms with Crippen LogP contribution in [0.5, 0.6) is 0 Å². The zero-order chi connectivity index (χ0) is 27.1. The third-order valence-corrected chi connectivity index (χ3v) is 7.22. The van der Waals surface area contributed by atoms with Gasteiger partial charge in [-0.1, -0.05) is 12.1 Å². The van der Waals surface area contributed by atoms with Crippen molar-refractivity contribution in [1.29, 1.82) is 5.26 Å². The second kappa shape index (κ2) is 12.6. The number of nitriles is 1. The Balaban J connectivity index is 1.38. The molecule has 1 heterocycles. The molecule has 4 rings (SSSR count). The summed E-state index contributed by atoms with van der Waals surface area (Å²) in [5.41, 5.74) is 2.10. The maximum Gasteiger partial charge on any atom is 0.317 e. The molecule has 2 aromatic rings. The molecular weight excluding hydrogens is 489 g/mol. The van der Waals surface area contributed by atoms with Gasteiger partial charge in [-0.3, -0.25) is 19.3 Å². The molecule has 2 amide bonds. The van der Waals surface area contributed by atoms with Gasteiger partial charge in [0.2, 0.25) is 12.3 Å². The van der Waals surface area contributed by atoms with E-state index in [2.05, 4.69) is 11.4 Å². The van der Waals surface area contributed by atoms with E-state index in [1.54, 1.807) is 34.1 Å². The SMILES string of the molecule is N#Cc1ccc(N(C=O)[C@@H](CCCN[C@@H]2C[C@H]2c2ccc(F)cc2)C(=O)N2CCN(CC(=O)O)CC2)cc1. The average Bonchev–Trinajstić information content (AvgIpc) is 3.70. The number of halogens is 1. The summed E-state index contributed by atoms with van der Waals surface area (Å²) in [5, 5.41) is 21.7. The van der Waals surface area contributed by atoms with Crippen molar-refractivity contribution in [2.75, 3.05) is 44.2 Å². The summed E-state index contributed by atoms with van der Waals surface area (Å²) in [7, 11) is 0. The molecule has 2 fully saturated rings. The summed E-state index contributed by atoms with van der Waals surface area (Å²) >= 11 is 0. The fraction of sp³-hybridized carbons (Fsp3) is 0.429. The van der Waals surface area contributed by atoms with Crippen molar-refractivity contribution in [3.05, 3.63) is 65.5 Å². The minimum atomic E-state index is -0.902. The van der Waals surface area contributed by atoms with E-state index in [9.17, 15) is 18.8 Å². The topological polar surface area (TPSA) is 117 Å². The van der Waals surface area contributed by atoms with Crippen LogP contribution in [0, 0.1) is 17.1 Å². The van der Waals surface area contributed by atoms with Crippen molar-refractivity contribution in [2.24, 2.45) is 0 Å². The van der Waals surface area contributed by atoms with E-state index in [0.29, 0.717) is 75.2 Å². The molecule has 9 nitrogen and oxygen atoms in total. The first-order valence-corrected chi connectivity index (χ1v) is 12.8. The highest BCUT2D eigenvalue weighted by Crippen LogP contribution is 2.40. The van der Waals surface area contributed by atoms with Crippen LogP contribution in [-0.2, 0) is 14.4 Å². The van der Waals surface area contributed by atoms with Gasteiger partial charge in [0.25, 0.3) is 0 Å². The summed E-state index contributed by atoms with van der Waals surface area (Å²) in [4.78, 5) is 41.8. The minimum absolute atomic E-state index is 0.0666. The number of hydrogen-bond acceptors (Lipinski definition) is 6. The van der Waals surface area contributed by atoms with Crippen molar-refractivity contribution in [2.45, 2.75) is 37.3 Å². The third-order valence-electron chi connectivity index (χ3n) is 7.22. The van der Waals surface area contributed by atoms with Crippen LogP contribution in [0.25, 0.3) is 0 Å². The maximum atomic E-state index is 13.6. The van der Waals surface area contributed by atoms with E-state index >= 15 is 0 Å². The molecule has 1 aliphatic heterocycles. The lowest BCUT2D eigenvalue weighted by Gasteiger charge is -2.38. The fourth-order valence-corrected chi connectivity index (χ4v) is 5.01. The highest BCUT2D eigenvalue weighted by atomic mass is 19.1. The first-order valence-electron chi connectivity index (χ1n) is 12.8. The number of carboxylic acid groups (broad SMARTS) is 1. The van der Waals surface area contributed by atoms with Crippen LogP contribution in [0.1, 0.15) is 36.3 Å². The zero-order valence-corrected chi connectivity index (χ0v) is 21.1. The molecule has 0 unspecified atom stereocenters. The molecule has 10 heteroatoms. The zero-order valence-electron chi connectivity index (χ0n) is 21.1. The van der Waals surface area contributed by atoms with Crippen LogP contribution in [0.3, 0.4) is 0 Å². The lowest BCUT2D eigenvalue weighted by Crippen LogP contribution is -2.55. The Morgan fingerprint density at radius 2 is 1.82 bits per heavy atom. The Hall–Kier alpha value is -3.81. The lowest BCUT2D eigenvalue weighted by molar-refractivity contribution is -0.140. The lowest BCUT2D eigenvalue weighted by atomic mass is 10.1. The summed E-state index contributed by atoms with van der Waals surface area (Å²) in [6.07, 6.45) is 2.72. The molecular formula is C28H32FN5O4. The molecule has 1 aliphatic carbocycles. The van der Waals surface area contributed by atoms with E-state index in [1.807, 2.05) is 12.1 Å². The predicted octanol–water partition coefficient (Wildman–Crippen LogP) is 2.18. The number of carbonyl (C=O) groups excluding carboxylic acids is 2. The minimum Gasteiger partial charge on any atom is -0.480 e. The van der Waals surface area contributed by atoms with Gasteiger partial charge in [-0.2, -0.15) is 5.26 Å². The summed E-state index contributed by atoms with van der Waals surface area (Å²) in [5.74, 6) is -0.979. The third kappa shape index (κ3) is 6.94. The molecule has 0 radical (unpaired) electrons. The van der Waals surface area contributed by atoms with Gasteiger partial charge < -0.3 is 20.2 Å². The number of hydrogen-bond donors (Lipinski definition) is 2. The van der Waals surface area contributed by atoms with Crippen molar-refractivity contribution in [3.63, 3.8) is 0 Å². The number of amides is 2. The predicted molar refractivity (Wildman–Crippen MR) is 139 cm³/mol. The number of nitrogens with zero attached hydrogens (tertiary/aromatic N) is 4. The largest absolute Gasteiger partial charge is 0.480 e. The number of benzene rings is 2. The molecule has 2 N–H and O–H groups in total. The first-order chi connectivity index (χ1) is 18.4. The summed E-state index contributed by atoms with van der Waals surface area (Å²) in [6, 6.07) is 14.7. The van der Waals surface area contributed by atoms with E-state index in [4.69, 9.17) is 10.4 Å². The van der Waals surface area contributed by atoms with Crippen molar-refractivity contribution < 1.29 is 23.9 Å². The molecule has 1 saturated heterocycles. The Bertz CT molecular complexity index is 1160. The number of carbonyl (C=O) groups is 3. The molecule has 0 bridgehead atoms. The number of piperazine rings is 1. The van der Waals surface area contributed by atoms with Crippen LogP contribution in [-0.4, -0.2) is 84.5 Å². The molecule has 2 aromatic carbocycles. The fourth-order valence-electron chi connectivity index (χ4n) is 5.01. The van der Waals surface area contributed by atoms with Gasteiger partial charge in [-0.25, -0.2) is 4.39 Å². The van der Waals surface area contributed by atoms with Crippen LogP contribution < -0.4 is 10.2 Å². The van der Waals surface area contributed by atoms with E-state index in [0.717, 1.165) is 12.0 Å². The number of nitrogens with one attached hydrogen (secondary N) is 1. The second-order valence-corrected chi connectivity index (χ2v) is 9.78. The molecule has 0 aromatic heterocycles. The molecule has 38 heavy (non-hydrogen) atoms. The van der Waals surface area contributed by atoms with Gasteiger partial charge in [0.15, 0.2) is 0 Å². The second-order valence-electron chi connectivity index (χ2n) is 9.78. The quantitative estimate of drug-likeness (QED) is 0.325. The number of carboxylic acids is 1. The molecule has 200 valence electrons. The van der Waals surface area contributed by atoms with Crippen molar-refractivity contribution >= 4 is 24.0 Å². The summed E-state index contributed by atoms with van der Waals surface area (Å²) in [6.45, 7) is 2.29. The maximum absolute atomic E-state index is 13.6. The molecule has 1 saturated carbocycles. The van der Waals surface area contributed by atoms with E-state index in [1.165, 1.54) is 17.0 Å². The van der Waals surface area contributed by atoms with E-state index in [-0.39, 0.29) is 18.3 Å². The van der Waals surface area contributed by atoms with Gasteiger partial charge in [-0.15, -0.1) is 0 Å². The Kier molecular flexibility index (Phi) is 9.05. The Morgan fingerprint density at radius 1 is 1.13 bits per heavy atom. The van der Waals surface area contributed by atoms with Gasteiger partial charge in [0.05, 0.1) is 18.2 Å². The normalized spacial score (nSPS) is 19.8.